The highest BCUT2D eigenvalue weighted by Gasteiger charge is 2.53. The molecule has 1 N–H and O–H groups in total. The molecule has 0 saturated carbocycles. The number of fused-ring (bicyclic) bond motifs is 4. The minimum absolute atomic E-state index is 0.336. The lowest BCUT2D eigenvalue weighted by Crippen LogP contribution is -2.62. The lowest BCUT2D eigenvalue weighted by molar-refractivity contribution is 0.0557. The van der Waals surface area contributed by atoms with Gasteiger partial charge in [0, 0.05) is 11.5 Å². The van der Waals surface area contributed by atoms with Gasteiger partial charge in [-0.25, -0.2) is 0 Å². The molecular formula is C16H23N. The molecule has 92 valence electrons. The zero-order chi connectivity index (χ0) is 12.3. The van der Waals surface area contributed by atoms with Crippen molar-refractivity contribution in [2.75, 3.05) is 6.54 Å². The molecule has 2 aliphatic rings. The van der Waals surface area contributed by atoms with Crippen molar-refractivity contribution in [1.82, 2.24) is 5.32 Å². The van der Waals surface area contributed by atoms with E-state index < -0.39 is 0 Å². The molecule has 1 aliphatic heterocycles. The maximum atomic E-state index is 3.73. The van der Waals surface area contributed by atoms with Gasteiger partial charge in [-0.05, 0) is 48.4 Å². The van der Waals surface area contributed by atoms with Crippen LogP contribution in [0.2, 0.25) is 0 Å². The number of piperidine rings is 1. The standard InChI is InChI=1S/C16H23N/c1-11-6-5-7-13-12(11)10-14-15(2,3)16(13,4)8-9-17-14/h5-7,14,17H,8-10H2,1-4H3/t14-,16+/m1/s1. The van der Waals surface area contributed by atoms with Crippen molar-refractivity contribution < 1.29 is 0 Å². The Balaban J connectivity index is 2.26. The first kappa shape index (κ1) is 11.3. The predicted molar refractivity (Wildman–Crippen MR) is 72.4 cm³/mol. The van der Waals surface area contributed by atoms with Gasteiger partial charge in [-0.15, -0.1) is 0 Å². The normalized spacial score (nSPS) is 34.2. The molecule has 3 rings (SSSR count). The molecule has 1 nitrogen and oxygen atoms in total. The Morgan fingerprint density at radius 3 is 2.76 bits per heavy atom. The van der Waals surface area contributed by atoms with Gasteiger partial charge in [-0.2, -0.15) is 0 Å². The molecule has 0 radical (unpaired) electrons. The maximum absolute atomic E-state index is 3.73. The minimum Gasteiger partial charge on any atom is -0.313 e. The van der Waals surface area contributed by atoms with E-state index in [4.69, 9.17) is 0 Å². The summed E-state index contributed by atoms with van der Waals surface area (Å²) in [7, 11) is 0. The van der Waals surface area contributed by atoms with Crippen molar-refractivity contribution in [2.24, 2.45) is 5.41 Å². The van der Waals surface area contributed by atoms with E-state index in [1.54, 1.807) is 11.1 Å². The van der Waals surface area contributed by atoms with Gasteiger partial charge in [0.15, 0.2) is 0 Å². The first-order valence-corrected chi connectivity index (χ1v) is 6.79. The summed E-state index contributed by atoms with van der Waals surface area (Å²) in [5.74, 6) is 0. The van der Waals surface area contributed by atoms with E-state index in [2.05, 4.69) is 51.2 Å². The zero-order valence-corrected chi connectivity index (χ0v) is 11.4. The highest BCUT2D eigenvalue weighted by Crippen LogP contribution is 2.53. The van der Waals surface area contributed by atoms with Crippen LogP contribution in [0.4, 0.5) is 0 Å². The van der Waals surface area contributed by atoms with E-state index >= 15 is 0 Å². The van der Waals surface area contributed by atoms with Crippen LogP contribution in [0.5, 0.6) is 0 Å². The fourth-order valence-corrected chi connectivity index (χ4v) is 3.96. The van der Waals surface area contributed by atoms with Crippen LogP contribution < -0.4 is 5.32 Å². The predicted octanol–water partition coefficient (Wildman–Crippen LogP) is 3.20. The molecule has 0 amide bonds. The van der Waals surface area contributed by atoms with E-state index in [0.717, 1.165) is 6.54 Å². The van der Waals surface area contributed by atoms with Crippen molar-refractivity contribution >= 4 is 0 Å². The molecule has 1 fully saturated rings. The highest BCUT2D eigenvalue weighted by molar-refractivity contribution is 5.45. The SMILES string of the molecule is Cc1cccc2c1C[C@H]1NCC[C@]2(C)C1(C)C. The van der Waals surface area contributed by atoms with E-state index in [1.807, 2.05) is 0 Å². The number of nitrogens with one attached hydrogen (secondary N) is 1. The van der Waals surface area contributed by atoms with E-state index in [1.165, 1.54) is 18.4 Å². The van der Waals surface area contributed by atoms with Crippen molar-refractivity contribution in [1.29, 1.82) is 0 Å². The first-order valence-electron chi connectivity index (χ1n) is 6.79. The highest BCUT2D eigenvalue weighted by atomic mass is 15.0. The molecule has 17 heavy (non-hydrogen) atoms. The van der Waals surface area contributed by atoms with Gasteiger partial charge in [0.05, 0.1) is 0 Å². The molecule has 1 heteroatoms. The second-order valence-corrected chi connectivity index (χ2v) is 6.62. The molecule has 1 saturated heterocycles. The second-order valence-electron chi connectivity index (χ2n) is 6.62. The van der Waals surface area contributed by atoms with Gasteiger partial charge >= 0.3 is 0 Å². The van der Waals surface area contributed by atoms with Crippen molar-refractivity contribution in [3.8, 4) is 0 Å². The van der Waals surface area contributed by atoms with Crippen LogP contribution in [0, 0.1) is 12.3 Å². The van der Waals surface area contributed by atoms with Crippen molar-refractivity contribution in [3.05, 3.63) is 34.9 Å². The Kier molecular flexibility index (Phi) is 2.22. The van der Waals surface area contributed by atoms with Gasteiger partial charge in [0.25, 0.3) is 0 Å². The van der Waals surface area contributed by atoms with Crippen LogP contribution in [-0.2, 0) is 11.8 Å². The summed E-state index contributed by atoms with van der Waals surface area (Å²) in [6.45, 7) is 10.8. The van der Waals surface area contributed by atoms with E-state index in [-0.39, 0.29) is 0 Å². The molecule has 1 aromatic rings. The summed E-state index contributed by atoms with van der Waals surface area (Å²) in [6, 6.07) is 7.49. The summed E-state index contributed by atoms with van der Waals surface area (Å²) in [5.41, 5.74) is 5.37. The fraction of sp³-hybridized carbons (Fsp3) is 0.625. The molecule has 2 atom stereocenters. The second kappa shape index (κ2) is 3.35. The summed E-state index contributed by atoms with van der Waals surface area (Å²) in [5, 5.41) is 3.73. The Morgan fingerprint density at radius 2 is 2.00 bits per heavy atom. The van der Waals surface area contributed by atoms with Crippen LogP contribution in [0.1, 0.15) is 43.9 Å². The molecule has 0 unspecified atom stereocenters. The average molecular weight is 229 g/mol. The van der Waals surface area contributed by atoms with Crippen LogP contribution in [0.25, 0.3) is 0 Å². The van der Waals surface area contributed by atoms with Gasteiger partial charge in [0.1, 0.15) is 0 Å². The Morgan fingerprint density at radius 1 is 1.24 bits per heavy atom. The summed E-state index contributed by atoms with van der Waals surface area (Å²) in [4.78, 5) is 0. The fourth-order valence-electron chi connectivity index (χ4n) is 3.96. The molecular weight excluding hydrogens is 206 g/mol. The lowest BCUT2D eigenvalue weighted by Gasteiger charge is -2.57. The first-order chi connectivity index (χ1) is 7.97. The van der Waals surface area contributed by atoms with Gasteiger partial charge < -0.3 is 5.32 Å². The molecule has 0 aromatic heterocycles. The summed E-state index contributed by atoms with van der Waals surface area (Å²) >= 11 is 0. The van der Waals surface area contributed by atoms with Crippen LogP contribution in [-0.4, -0.2) is 12.6 Å². The van der Waals surface area contributed by atoms with Gasteiger partial charge in [-0.3, -0.25) is 0 Å². The van der Waals surface area contributed by atoms with Gasteiger partial charge in [-0.1, -0.05) is 39.0 Å². The number of hydrogen-bond donors (Lipinski definition) is 1. The molecule has 0 spiro atoms. The Labute approximate surface area is 105 Å². The summed E-state index contributed by atoms with van der Waals surface area (Å²) in [6.07, 6.45) is 2.46. The molecule has 2 bridgehead atoms. The van der Waals surface area contributed by atoms with E-state index in [0.29, 0.717) is 16.9 Å². The number of aryl methyl sites for hydroxylation is 1. The van der Waals surface area contributed by atoms with Crippen molar-refractivity contribution in [3.63, 3.8) is 0 Å². The molecule has 1 heterocycles. The van der Waals surface area contributed by atoms with Gasteiger partial charge in [0.2, 0.25) is 0 Å². The molecule has 1 aromatic carbocycles. The third kappa shape index (κ3) is 1.29. The zero-order valence-electron chi connectivity index (χ0n) is 11.4. The van der Waals surface area contributed by atoms with Crippen LogP contribution >= 0.6 is 0 Å². The summed E-state index contributed by atoms with van der Waals surface area (Å²) < 4.78 is 0. The van der Waals surface area contributed by atoms with E-state index in [9.17, 15) is 0 Å². The third-order valence-corrected chi connectivity index (χ3v) is 5.72. The average Bonchev–Trinajstić information content (AvgIpc) is 2.24. The topological polar surface area (TPSA) is 12.0 Å². The smallest absolute Gasteiger partial charge is 0.0167 e. The maximum Gasteiger partial charge on any atom is 0.0167 e. The number of benzene rings is 1. The number of hydrogen-bond acceptors (Lipinski definition) is 1. The Bertz CT molecular complexity index is 461. The monoisotopic (exact) mass is 229 g/mol. The largest absolute Gasteiger partial charge is 0.313 e. The minimum atomic E-state index is 0.336. The quantitative estimate of drug-likeness (QED) is 0.720. The third-order valence-electron chi connectivity index (χ3n) is 5.72. The lowest BCUT2D eigenvalue weighted by atomic mass is 9.51. The Hall–Kier alpha value is -0.820. The van der Waals surface area contributed by atoms with Crippen molar-refractivity contribution in [2.45, 2.75) is 52.0 Å². The molecule has 1 aliphatic carbocycles. The van der Waals surface area contributed by atoms with Crippen LogP contribution in [0.3, 0.4) is 0 Å². The van der Waals surface area contributed by atoms with Crippen LogP contribution in [0.15, 0.2) is 18.2 Å². The number of rotatable bonds is 0.